The lowest BCUT2D eigenvalue weighted by molar-refractivity contribution is -0.136. The molecule has 1 unspecified atom stereocenters. The van der Waals surface area contributed by atoms with Crippen LogP contribution in [-0.4, -0.2) is 59.9 Å². The second kappa shape index (κ2) is 9.52. The number of ether oxygens (including phenoxy) is 2. The molecule has 1 atom stereocenters. The summed E-state index contributed by atoms with van der Waals surface area (Å²) in [6.45, 7) is 3.83. The van der Waals surface area contributed by atoms with Crippen molar-refractivity contribution in [2.45, 2.75) is 38.6 Å². The number of benzene rings is 2. The molecule has 9 heteroatoms. The van der Waals surface area contributed by atoms with E-state index < -0.39 is 11.9 Å². The molecule has 2 saturated heterocycles. The van der Waals surface area contributed by atoms with Crippen molar-refractivity contribution in [1.82, 2.24) is 15.1 Å². The minimum atomic E-state index is -0.682. The maximum atomic E-state index is 14.7. The standard InChI is InChI=1S/C25H26FN3O5/c26-20-12-16(4-5-17(20)13-28-8-10-33-11-9-28)15-34-22-3-1-2-18-19(22)14-29(25(18)32)21-6-7-23(30)27-24(21)31/h1-5,12,21H,6-11,13-15H2,(H,27,30,31). The van der Waals surface area contributed by atoms with Gasteiger partial charge in [0.25, 0.3) is 5.91 Å². The zero-order chi connectivity index (χ0) is 23.7. The molecular formula is C25H26FN3O5. The number of carbonyl (C=O) groups excluding carboxylic acids is 3. The second-order valence-electron chi connectivity index (χ2n) is 8.79. The van der Waals surface area contributed by atoms with E-state index in [1.54, 1.807) is 24.3 Å². The Morgan fingerprint density at radius 1 is 1.12 bits per heavy atom. The topological polar surface area (TPSA) is 88.2 Å². The van der Waals surface area contributed by atoms with Gasteiger partial charge in [0.15, 0.2) is 0 Å². The Hall–Kier alpha value is -3.30. The van der Waals surface area contributed by atoms with E-state index in [1.807, 2.05) is 6.07 Å². The van der Waals surface area contributed by atoms with Crippen LogP contribution in [0.5, 0.6) is 5.75 Å². The Balaban J connectivity index is 1.26. The number of carbonyl (C=O) groups is 3. The van der Waals surface area contributed by atoms with Crippen molar-refractivity contribution in [2.75, 3.05) is 26.3 Å². The molecule has 0 bridgehead atoms. The SMILES string of the molecule is O=C1CCC(N2Cc3c(OCc4ccc(CN5CCOCC5)c(F)c4)cccc3C2=O)C(=O)N1. The van der Waals surface area contributed by atoms with Crippen molar-refractivity contribution in [3.05, 3.63) is 64.5 Å². The quantitative estimate of drug-likeness (QED) is 0.654. The van der Waals surface area contributed by atoms with Gasteiger partial charge in [-0.05, 0) is 30.2 Å². The van der Waals surface area contributed by atoms with Crippen molar-refractivity contribution in [3.63, 3.8) is 0 Å². The number of hydrogen-bond donors (Lipinski definition) is 1. The Morgan fingerprint density at radius 2 is 1.94 bits per heavy atom. The average Bonchev–Trinajstić information content (AvgIpc) is 3.17. The maximum absolute atomic E-state index is 14.7. The fraction of sp³-hybridized carbons (Fsp3) is 0.400. The molecule has 34 heavy (non-hydrogen) atoms. The van der Waals surface area contributed by atoms with Gasteiger partial charge in [-0.1, -0.05) is 18.2 Å². The Morgan fingerprint density at radius 3 is 2.71 bits per heavy atom. The van der Waals surface area contributed by atoms with Gasteiger partial charge in [0, 0.05) is 42.7 Å². The van der Waals surface area contributed by atoms with E-state index in [1.165, 1.54) is 11.0 Å². The molecule has 2 aromatic rings. The predicted octanol–water partition coefficient (Wildman–Crippen LogP) is 2.00. The lowest BCUT2D eigenvalue weighted by Gasteiger charge is -2.29. The van der Waals surface area contributed by atoms with Gasteiger partial charge in [0.1, 0.15) is 24.2 Å². The van der Waals surface area contributed by atoms with E-state index in [4.69, 9.17) is 9.47 Å². The summed E-state index contributed by atoms with van der Waals surface area (Å²) in [6.07, 6.45) is 0.504. The van der Waals surface area contributed by atoms with Gasteiger partial charge >= 0.3 is 0 Å². The summed E-state index contributed by atoms with van der Waals surface area (Å²) in [5.74, 6) is -0.776. The summed E-state index contributed by atoms with van der Waals surface area (Å²) >= 11 is 0. The lowest BCUT2D eigenvalue weighted by atomic mass is 10.0. The monoisotopic (exact) mass is 467 g/mol. The summed E-state index contributed by atoms with van der Waals surface area (Å²) in [6, 6.07) is 9.64. The van der Waals surface area contributed by atoms with E-state index in [0.717, 1.165) is 13.1 Å². The average molecular weight is 467 g/mol. The summed E-state index contributed by atoms with van der Waals surface area (Å²) in [7, 11) is 0. The molecule has 0 spiro atoms. The normalized spacial score (nSPS) is 20.9. The molecule has 0 saturated carbocycles. The third kappa shape index (κ3) is 4.53. The Labute approximate surface area is 196 Å². The number of hydrogen-bond acceptors (Lipinski definition) is 6. The molecule has 3 aliphatic heterocycles. The zero-order valence-electron chi connectivity index (χ0n) is 18.7. The van der Waals surface area contributed by atoms with Gasteiger partial charge in [0.05, 0.1) is 19.8 Å². The van der Waals surface area contributed by atoms with E-state index >= 15 is 0 Å². The molecule has 0 radical (unpaired) electrons. The highest BCUT2D eigenvalue weighted by molar-refractivity contribution is 6.05. The van der Waals surface area contributed by atoms with E-state index in [0.29, 0.717) is 54.2 Å². The first-order valence-corrected chi connectivity index (χ1v) is 11.5. The smallest absolute Gasteiger partial charge is 0.255 e. The summed E-state index contributed by atoms with van der Waals surface area (Å²) in [4.78, 5) is 40.3. The third-order valence-corrected chi connectivity index (χ3v) is 6.55. The van der Waals surface area contributed by atoms with Crippen LogP contribution in [-0.2, 0) is 34.0 Å². The van der Waals surface area contributed by atoms with Crippen LogP contribution in [0.3, 0.4) is 0 Å². The van der Waals surface area contributed by atoms with E-state index in [-0.39, 0.29) is 37.2 Å². The van der Waals surface area contributed by atoms with Gasteiger partial charge < -0.3 is 14.4 Å². The van der Waals surface area contributed by atoms with Crippen molar-refractivity contribution in [1.29, 1.82) is 0 Å². The molecule has 3 heterocycles. The van der Waals surface area contributed by atoms with Crippen LogP contribution in [0, 0.1) is 5.82 Å². The van der Waals surface area contributed by atoms with Crippen molar-refractivity contribution < 1.29 is 28.2 Å². The van der Waals surface area contributed by atoms with Crippen molar-refractivity contribution in [3.8, 4) is 5.75 Å². The second-order valence-corrected chi connectivity index (χ2v) is 8.79. The molecule has 5 rings (SSSR count). The fourth-order valence-corrected chi connectivity index (χ4v) is 4.66. The van der Waals surface area contributed by atoms with E-state index in [9.17, 15) is 18.8 Å². The van der Waals surface area contributed by atoms with Crippen LogP contribution in [0.25, 0.3) is 0 Å². The zero-order valence-corrected chi connectivity index (χ0v) is 18.7. The molecule has 8 nitrogen and oxygen atoms in total. The largest absolute Gasteiger partial charge is 0.489 e. The first-order valence-electron chi connectivity index (χ1n) is 11.5. The highest BCUT2D eigenvalue weighted by Gasteiger charge is 2.40. The predicted molar refractivity (Wildman–Crippen MR) is 119 cm³/mol. The molecule has 0 aromatic heterocycles. The first-order chi connectivity index (χ1) is 16.5. The Kier molecular flexibility index (Phi) is 6.30. The molecule has 3 amide bonds. The Bertz CT molecular complexity index is 1130. The highest BCUT2D eigenvalue weighted by Crippen LogP contribution is 2.34. The first kappa shape index (κ1) is 22.5. The molecule has 3 aliphatic rings. The highest BCUT2D eigenvalue weighted by atomic mass is 19.1. The van der Waals surface area contributed by atoms with Gasteiger partial charge in [-0.15, -0.1) is 0 Å². The summed E-state index contributed by atoms with van der Waals surface area (Å²) < 4.78 is 26.0. The number of amides is 3. The van der Waals surface area contributed by atoms with Crippen LogP contribution >= 0.6 is 0 Å². The lowest BCUT2D eigenvalue weighted by Crippen LogP contribution is -2.52. The van der Waals surface area contributed by atoms with Crippen molar-refractivity contribution in [2.24, 2.45) is 0 Å². The van der Waals surface area contributed by atoms with Gasteiger partial charge in [-0.25, -0.2) is 4.39 Å². The number of nitrogens with zero attached hydrogens (tertiary/aromatic N) is 2. The number of nitrogens with one attached hydrogen (secondary N) is 1. The van der Waals surface area contributed by atoms with Crippen LogP contribution in [0.4, 0.5) is 4.39 Å². The van der Waals surface area contributed by atoms with Crippen molar-refractivity contribution >= 4 is 17.7 Å². The van der Waals surface area contributed by atoms with Gasteiger partial charge in [-0.3, -0.25) is 24.6 Å². The number of piperidine rings is 1. The number of rotatable bonds is 6. The number of morpholine rings is 1. The van der Waals surface area contributed by atoms with Gasteiger partial charge in [0.2, 0.25) is 11.8 Å². The number of imide groups is 1. The summed E-state index contributed by atoms with van der Waals surface area (Å²) in [5.41, 5.74) is 2.50. The van der Waals surface area contributed by atoms with E-state index in [2.05, 4.69) is 10.2 Å². The summed E-state index contributed by atoms with van der Waals surface area (Å²) in [5, 5.41) is 2.30. The van der Waals surface area contributed by atoms with Crippen LogP contribution in [0.2, 0.25) is 0 Å². The van der Waals surface area contributed by atoms with Crippen LogP contribution in [0.1, 0.15) is 39.9 Å². The fourth-order valence-electron chi connectivity index (χ4n) is 4.66. The molecule has 2 aromatic carbocycles. The molecule has 1 N–H and O–H groups in total. The molecular weight excluding hydrogens is 441 g/mol. The van der Waals surface area contributed by atoms with Gasteiger partial charge in [-0.2, -0.15) is 0 Å². The maximum Gasteiger partial charge on any atom is 0.255 e. The molecule has 2 fully saturated rings. The minimum Gasteiger partial charge on any atom is -0.489 e. The molecule has 0 aliphatic carbocycles. The number of fused-ring (bicyclic) bond motifs is 1. The molecule has 178 valence electrons. The van der Waals surface area contributed by atoms with Crippen LogP contribution in [0.15, 0.2) is 36.4 Å². The van der Waals surface area contributed by atoms with Crippen LogP contribution < -0.4 is 10.1 Å². The number of halogens is 1. The minimum absolute atomic E-state index is 0.151. The third-order valence-electron chi connectivity index (χ3n) is 6.55.